The molecule has 2 aromatic rings. The minimum Gasteiger partial charge on any atom is -0.372 e. The van der Waals surface area contributed by atoms with Crippen LogP contribution in [0.5, 0.6) is 0 Å². The lowest BCUT2D eigenvalue weighted by Crippen LogP contribution is -2.39. The number of likely N-dealkylation sites (tertiary alicyclic amines) is 1. The first-order valence-electron chi connectivity index (χ1n) is 8.34. The maximum Gasteiger partial charge on any atom is 0.267 e. The molecule has 1 amide bonds. The molecule has 1 saturated heterocycles. The number of hydrogen-bond donors (Lipinski definition) is 1. The number of ether oxygens (including phenoxy) is 1. The monoisotopic (exact) mass is 325 g/mol. The predicted octanol–water partition coefficient (Wildman–Crippen LogP) is 2.36. The van der Waals surface area contributed by atoms with E-state index in [9.17, 15) is 4.79 Å². The van der Waals surface area contributed by atoms with E-state index in [1.54, 1.807) is 6.07 Å². The van der Waals surface area contributed by atoms with Crippen molar-refractivity contribution in [3.63, 3.8) is 0 Å². The number of carbonyl (C=O) groups is 1. The standard InChI is InChI=1S/C19H23N3O2/c20-19(23)18-10-4-8-16(21-18)12-22-11-5-9-17(13-22)24-14-15-6-2-1-3-7-15/h1-4,6-8,10,17H,5,9,11-14H2,(H2,20,23). The molecule has 1 aromatic heterocycles. The molecular formula is C19H23N3O2. The summed E-state index contributed by atoms with van der Waals surface area (Å²) in [7, 11) is 0. The quantitative estimate of drug-likeness (QED) is 0.885. The number of pyridine rings is 1. The van der Waals surface area contributed by atoms with Gasteiger partial charge in [-0.05, 0) is 37.1 Å². The number of nitrogens with zero attached hydrogens (tertiary/aromatic N) is 2. The van der Waals surface area contributed by atoms with Crippen molar-refractivity contribution in [1.29, 1.82) is 0 Å². The van der Waals surface area contributed by atoms with E-state index in [2.05, 4.69) is 22.0 Å². The topological polar surface area (TPSA) is 68.5 Å². The normalized spacial score (nSPS) is 18.4. The Morgan fingerprint density at radius 2 is 2.04 bits per heavy atom. The molecule has 3 rings (SSSR count). The van der Waals surface area contributed by atoms with Crippen molar-refractivity contribution in [3.05, 3.63) is 65.5 Å². The molecule has 1 aliphatic rings. The molecule has 1 fully saturated rings. The molecule has 5 heteroatoms. The molecule has 24 heavy (non-hydrogen) atoms. The number of aromatic nitrogens is 1. The van der Waals surface area contributed by atoms with Gasteiger partial charge in [0, 0.05) is 13.1 Å². The van der Waals surface area contributed by atoms with Gasteiger partial charge in [-0.1, -0.05) is 36.4 Å². The van der Waals surface area contributed by atoms with Crippen LogP contribution in [-0.2, 0) is 17.9 Å². The summed E-state index contributed by atoms with van der Waals surface area (Å²) in [5, 5.41) is 0. The maximum absolute atomic E-state index is 11.2. The molecule has 5 nitrogen and oxygen atoms in total. The largest absolute Gasteiger partial charge is 0.372 e. The smallest absolute Gasteiger partial charge is 0.267 e. The van der Waals surface area contributed by atoms with Crippen LogP contribution in [0.3, 0.4) is 0 Å². The summed E-state index contributed by atoms with van der Waals surface area (Å²) in [6.07, 6.45) is 2.42. The van der Waals surface area contributed by atoms with Crippen LogP contribution in [0.15, 0.2) is 48.5 Å². The number of nitrogens with two attached hydrogens (primary N) is 1. The predicted molar refractivity (Wildman–Crippen MR) is 92.3 cm³/mol. The van der Waals surface area contributed by atoms with Crippen LogP contribution >= 0.6 is 0 Å². The Bertz CT molecular complexity index is 675. The Morgan fingerprint density at radius 1 is 1.21 bits per heavy atom. The molecule has 1 atom stereocenters. The molecular weight excluding hydrogens is 302 g/mol. The number of benzene rings is 1. The van der Waals surface area contributed by atoms with Crippen molar-refractivity contribution in [2.45, 2.75) is 32.1 Å². The summed E-state index contributed by atoms with van der Waals surface area (Å²) in [5.41, 5.74) is 7.69. The van der Waals surface area contributed by atoms with Crippen molar-refractivity contribution in [3.8, 4) is 0 Å². The number of primary amides is 1. The molecule has 1 aliphatic heterocycles. The first-order chi connectivity index (χ1) is 11.7. The molecule has 1 aromatic carbocycles. The summed E-state index contributed by atoms with van der Waals surface area (Å²) < 4.78 is 6.06. The van der Waals surface area contributed by atoms with Gasteiger partial charge >= 0.3 is 0 Å². The van der Waals surface area contributed by atoms with Gasteiger partial charge in [-0.3, -0.25) is 9.69 Å². The Hall–Kier alpha value is -2.24. The van der Waals surface area contributed by atoms with Crippen LogP contribution in [0.2, 0.25) is 0 Å². The number of piperidine rings is 1. The third-order valence-corrected chi connectivity index (χ3v) is 4.24. The van der Waals surface area contributed by atoms with Gasteiger partial charge in [-0.15, -0.1) is 0 Å². The van der Waals surface area contributed by atoms with Crippen LogP contribution in [0.4, 0.5) is 0 Å². The van der Waals surface area contributed by atoms with Gasteiger partial charge < -0.3 is 10.5 Å². The molecule has 126 valence electrons. The Kier molecular flexibility index (Phi) is 5.56. The third-order valence-electron chi connectivity index (χ3n) is 4.24. The van der Waals surface area contributed by atoms with Gasteiger partial charge in [-0.25, -0.2) is 4.98 Å². The van der Waals surface area contributed by atoms with Gasteiger partial charge in [0.15, 0.2) is 0 Å². The summed E-state index contributed by atoms with van der Waals surface area (Å²) in [4.78, 5) is 17.9. The van der Waals surface area contributed by atoms with Crippen molar-refractivity contribution in [2.75, 3.05) is 13.1 Å². The molecule has 0 saturated carbocycles. The lowest BCUT2D eigenvalue weighted by molar-refractivity contribution is -0.0123. The van der Waals surface area contributed by atoms with Gasteiger partial charge in [-0.2, -0.15) is 0 Å². The van der Waals surface area contributed by atoms with E-state index in [4.69, 9.17) is 10.5 Å². The van der Waals surface area contributed by atoms with E-state index >= 15 is 0 Å². The van der Waals surface area contributed by atoms with Crippen molar-refractivity contribution in [1.82, 2.24) is 9.88 Å². The fraction of sp³-hybridized carbons (Fsp3) is 0.368. The van der Waals surface area contributed by atoms with Gasteiger partial charge in [0.1, 0.15) is 5.69 Å². The van der Waals surface area contributed by atoms with Crippen LogP contribution in [0.25, 0.3) is 0 Å². The molecule has 0 spiro atoms. The molecule has 2 heterocycles. The minimum absolute atomic E-state index is 0.235. The second-order valence-corrected chi connectivity index (χ2v) is 6.17. The van der Waals surface area contributed by atoms with Crippen LogP contribution in [0.1, 0.15) is 34.6 Å². The van der Waals surface area contributed by atoms with E-state index in [1.807, 2.05) is 30.3 Å². The number of amides is 1. The number of carbonyl (C=O) groups excluding carboxylic acids is 1. The molecule has 0 aliphatic carbocycles. The van der Waals surface area contributed by atoms with Crippen LogP contribution in [0, 0.1) is 0 Å². The molecule has 0 radical (unpaired) electrons. The number of rotatable bonds is 6. The summed E-state index contributed by atoms with van der Waals surface area (Å²) in [6.45, 7) is 3.27. The van der Waals surface area contributed by atoms with Crippen LogP contribution in [-0.4, -0.2) is 35.0 Å². The van der Waals surface area contributed by atoms with E-state index in [0.717, 1.165) is 31.6 Å². The Labute approximate surface area is 142 Å². The first-order valence-corrected chi connectivity index (χ1v) is 8.34. The molecule has 1 unspecified atom stereocenters. The average Bonchev–Trinajstić information content (AvgIpc) is 2.61. The van der Waals surface area contributed by atoms with E-state index in [1.165, 1.54) is 5.56 Å². The highest BCUT2D eigenvalue weighted by Crippen LogP contribution is 2.17. The zero-order valence-electron chi connectivity index (χ0n) is 13.7. The third kappa shape index (κ3) is 4.63. The molecule has 2 N–H and O–H groups in total. The Morgan fingerprint density at radius 3 is 2.83 bits per heavy atom. The van der Waals surface area contributed by atoms with Crippen molar-refractivity contribution < 1.29 is 9.53 Å². The van der Waals surface area contributed by atoms with E-state index in [0.29, 0.717) is 18.8 Å². The fourth-order valence-electron chi connectivity index (χ4n) is 3.02. The maximum atomic E-state index is 11.2. The highest BCUT2D eigenvalue weighted by Gasteiger charge is 2.21. The Balaban J connectivity index is 1.53. The second kappa shape index (κ2) is 8.04. The zero-order chi connectivity index (χ0) is 16.8. The van der Waals surface area contributed by atoms with E-state index < -0.39 is 5.91 Å². The molecule has 0 bridgehead atoms. The van der Waals surface area contributed by atoms with Gasteiger partial charge in [0.25, 0.3) is 5.91 Å². The zero-order valence-corrected chi connectivity index (χ0v) is 13.7. The highest BCUT2D eigenvalue weighted by molar-refractivity contribution is 5.90. The van der Waals surface area contributed by atoms with Crippen molar-refractivity contribution >= 4 is 5.91 Å². The summed E-state index contributed by atoms with van der Waals surface area (Å²) in [6, 6.07) is 15.6. The fourth-order valence-corrected chi connectivity index (χ4v) is 3.02. The van der Waals surface area contributed by atoms with Gasteiger partial charge in [0.2, 0.25) is 0 Å². The SMILES string of the molecule is NC(=O)c1cccc(CN2CCCC(OCc3ccccc3)C2)n1. The van der Waals surface area contributed by atoms with Crippen molar-refractivity contribution in [2.24, 2.45) is 5.73 Å². The lowest BCUT2D eigenvalue weighted by atomic mass is 10.1. The van der Waals surface area contributed by atoms with Gasteiger partial charge in [0.05, 0.1) is 18.4 Å². The van der Waals surface area contributed by atoms with E-state index in [-0.39, 0.29) is 6.10 Å². The second-order valence-electron chi connectivity index (χ2n) is 6.17. The summed E-state index contributed by atoms with van der Waals surface area (Å²) in [5.74, 6) is -0.487. The minimum atomic E-state index is -0.487. The first kappa shape index (κ1) is 16.6. The number of hydrogen-bond acceptors (Lipinski definition) is 4. The average molecular weight is 325 g/mol. The lowest BCUT2D eigenvalue weighted by Gasteiger charge is -2.32. The highest BCUT2D eigenvalue weighted by atomic mass is 16.5. The summed E-state index contributed by atoms with van der Waals surface area (Å²) >= 11 is 0. The van der Waals surface area contributed by atoms with Crippen LogP contribution < -0.4 is 5.73 Å².